The zero-order valence-electron chi connectivity index (χ0n) is 12.5. The molecule has 1 atom stereocenters. The van der Waals surface area contributed by atoms with Crippen molar-refractivity contribution in [3.63, 3.8) is 0 Å². The van der Waals surface area contributed by atoms with Gasteiger partial charge in [0.25, 0.3) is 5.91 Å². The molecule has 2 N–H and O–H groups in total. The van der Waals surface area contributed by atoms with Crippen molar-refractivity contribution in [2.75, 3.05) is 13.1 Å². The topological polar surface area (TPSA) is 71.3 Å². The lowest BCUT2D eigenvalue weighted by Gasteiger charge is -2.23. The largest absolute Gasteiger partial charge is 0.350 e. The molecule has 0 aliphatic carbocycles. The summed E-state index contributed by atoms with van der Waals surface area (Å²) in [7, 11) is 0. The highest BCUT2D eigenvalue weighted by Crippen LogP contribution is 2.23. The molecule has 2 aromatic rings. The number of fused-ring (bicyclic) bond motifs is 1. The third kappa shape index (κ3) is 2.76. The average molecular weight is 287 g/mol. The van der Waals surface area contributed by atoms with Crippen molar-refractivity contribution in [2.24, 2.45) is 0 Å². The Bertz CT molecular complexity index is 643. The number of carbonyl (C=O) groups excluding carboxylic acids is 1. The van der Waals surface area contributed by atoms with E-state index < -0.39 is 0 Å². The van der Waals surface area contributed by atoms with Gasteiger partial charge in [0.2, 0.25) is 0 Å². The van der Waals surface area contributed by atoms with Crippen LogP contribution in [0.1, 0.15) is 48.7 Å². The van der Waals surface area contributed by atoms with Crippen molar-refractivity contribution in [3.8, 4) is 0 Å². The van der Waals surface area contributed by atoms with Crippen LogP contribution in [-0.2, 0) is 0 Å². The van der Waals surface area contributed by atoms with Crippen molar-refractivity contribution in [2.45, 2.75) is 38.6 Å². The van der Waals surface area contributed by atoms with Crippen LogP contribution < -0.4 is 10.6 Å². The predicted octanol–water partition coefficient (Wildman–Crippen LogP) is 1.33. The number of rotatable bonds is 3. The number of nitrogens with one attached hydrogen (secondary N) is 2. The van der Waals surface area contributed by atoms with Gasteiger partial charge in [0.05, 0.1) is 11.9 Å². The molecule has 0 bridgehead atoms. The molecule has 112 valence electrons. The predicted molar refractivity (Wildman–Crippen MR) is 80.4 cm³/mol. The fourth-order valence-corrected chi connectivity index (χ4v) is 2.82. The molecule has 1 aliphatic heterocycles. The molecule has 0 saturated carbocycles. The van der Waals surface area contributed by atoms with Crippen LogP contribution in [0.3, 0.4) is 0 Å². The number of hydrogen-bond donors (Lipinski definition) is 2. The van der Waals surface area contributed by atoms with Crippen molar-refractivity contribution in [1.29, 1.82) is 0 Å². The molecular weight excluding hydrogens is 266 g/mol. The summed E-state index contributed by atoms with van der Waals surface area (Å²) in [6, 6.07) is 2.10. The summed E-state index contributed by atoms with van der Waals surface area (Å²) in [5.41, 5.74) is 2.29. The number of aromatic nitrogens is 3. The highest BCUT2D eigenvalue weighted by molar-refractivity contribution is 5.99. The number of amides is 1. The molecule has 21 heavy (non-hydrogen) atoms. The third-order valence-corrected chi connectivity index (χ3v) is 3.81. The van der Waals surface area contributed by atoms with Gasteiger partial charge in [0.15, 0.2) is 5.65 Å². The molecule has 1 aliphatic rings. The van der Waals surface area contributed by atoms with Gasteiger partial charge >= 0.3 is 0 Å². The lowest BCUT2D eigenvalue weighted by atomic mass is 9.96. The van der Waals surface area contributed by atoms with E-state index in [1.807, 2.05) is 24.4 Å². The minimum atomic E-state index is -0.119. The van der Waals surface area contributed by atoms with Gasteiger partial charge in [-0.25, -0.2) is 9.50 Å². The third-order valence-electron chi connectivity index (χ3n) is 3.81. The number of piperidine rings is 1. The smallest absolute Gasteiger partial charge is 0.256 e. The van der Waals surface area contributed by atoms with Gasteiger partial charge in [-0.05, 0) is 39.3 Å². The van der Waals surface area contributed by atoms with E-state index in [2.05, 4.69) is 20.7 Å². The summed E-state index contributed by atoms with van der Waals surface area (Å²) in [4.78, 5) is 16.5. The Hall–Kier alpha value is -1.95. The first kappa shape index (κ1) is 14.0. The van der Waals surface area contributed by atoms with Crippen LogP contribution in [0.25, 0.3) is 5.65 Å². The SMILES string of the molecule is CC(C)NC(=O)c1cnn2c(C3CCCNC3)ccnc12. The number of carbonyl (C=O) groups is 1. The van der Waals surface area contributed by atoms with E-state index in [1.165, 1.54) is 0 Å². The molecule has 1 saturated heterocycles. The Morgan fingerprint density at radius 2 is 2.38 bits per heavy atom. The van der Waals surface area contributed by atoms with E-state index in [0.29, 0.717) is 17.1 Å². The normalized spacial score (nSPS) is 19.1. The maximum Gasteiger partial charge on any atom is 0.256 e. The highest BCUT2D eigenvalue weighted by atomic mass is 16.1. The van der Waals surface area contributed by atoms with Crippen molar-refractivity contribution in [3.05, 3.63) is 29.7 Å². The minimum Gasteiger partial charge on any atom is -0.350 e. The molecule has 6 nitrogen and oxygen atoms in total. The molecule has 1 fully saturated rings. The van der Waals surface area contributed by atoms with Gasteiger partial charge in [-0.15, -0.1) is 0 Å². The summed E-state index contributed by atoms with van der Waals surface area (Å²) >= 11 is 0. The van der Waals surface area contributed by atoms with Gasteiger partial charge in [0.1, 0.15) is 5.56 Å². The second-order valence-corrected chi connectivity index (χ2v) is 5.83. The van der Waals surface area contributed by atoms with Crippen LogP contribution in [0.4, 0.5) is 0 Å². The van der Waals surface area contributed by atoms with Crippen molar-refractivity contribution >= 4 is 11.6 Å². The molecule has 0 spiro atoms. The average Bonchev–Trinajstić information content (AvgIpc) is 2.91. The first-order chi connectivity index (χ1) is 10.2. The summed E-state index contributed by atoms with van der Waals surface area (Å²) in [6.07, 6.45) is 5.68. The zero-order valence-corrected chi connectivity index (χ0v) is 12.5. The second-order valence-electron chi connectivity index (χ2n) is 5.83. The van der Waals surface area contributed by atoms with Crippen LogP contribution in [0.15, 0.2) is 18.5 Å². The Morgan fingerprint density at radius 3 is 3.10 bits per heavy atom. The van der Waals surface area contributed by atoms with E-state index in [0.717, 1.165) is 31.6 Å². The Morgan fingerprint density at radius 1 is 1.52 bits per heavy atom. The molecule has 6 heteroatoms. The molecule has 3 heterocycles. The quantitative estimate of drug-likeness (QED) is 0.893. The van der Waals surface area contributed by atoms with E-state index in [9.17, 15) is 4.79 Å². The van der Waals surface area contributed by atoms with Gasteiger partial charge in [-0.2, -0.15) is 5.10 Å². The fraction of sp³-hybridized carbons (Fsp3) is 0.533. The van der Waals surface area contributed by atoms with Crippen LogP contribution >= 0.6 is 0 Å². The Balaban J connectivity index is 1.97. The summed E-state index contributed by atoms with van der Waals surface area (Å²) in [5, 5.41) is 10.7. The van der Waals surface area contributed by atoms with Crippen molar-refractivity contribution in [1.82, 2.24) is 25.2 Å². The maximum absolute atomic E-state index is 12.2. The first-order valence-corrected chi connectivity index (χ1v) is 7.51. The monoisotopic (exact) mass is 287 g/mol. The zero-order chi connectivity index (χ0) is 14.8. The minimum absolute atomic E-state index is 0.0955. The number of nitrogens with zero attached hydrogens (tertiary/aromatic N) is 3. The summed E-state index contributed by atoms with van der Waals surface area (Å²) in [6.45, 7) is 5.91. The molecule has 2 aromatic heterocycles. The number of hydrogen-bond acceptors (Lipinski definition) is 4. The van der Waals surface area contributed by atoms with Crippen molar-refractivity contribution < 1.29 is 4.79 Å². The maximum atomic E-state index is 12.2. The lowest BCUT2D eigenvalue weighted by molar-refractivity contribution is 0.0944. The molecule has 3 rings (SSSR count). The van der Waals surface area contributed by atoms with Crippen LogP contribution in [-0.4, -0.2) is 39.6 Å². The van der Waals surface area contributed by atoms with Gasteiger partial charge < -0.3 is 10.6 Å². The second kappa shape index (κ2) is 5.81. The van der Waals surface area contributed by atoms with Crippen LogP contribution in [0, 0.1) is 0 Å². The van der Waals surface area contributed by atoms with Crippen LogP contribution in [0.5, 0.6) is 0 Å². The molecule has 1 unspecified atom stereocenters. The van der Waals surface area contributed by atoms with E-state index in [1.54, 1.807) is 12.4 Å². The van der Waals surface area contributed by atoms with E-state index in [-0.39, 0.29) is 11.9 Å². The lowest BCUT2D eigenvalue weighted by Crippen LogP contribution is -2.30. The summed E-state index contributed by atoms with van der Waals surface area (Å²) < 4.78 is 1.81. The molecule has 1 amide bonds. The first-order valence-electron chi connectivity index (χ1n) is 7.51. The van der Waals surface area contributed by atoms with Gasteiger partial charge in [0, 0.05) is 24.7 Å². The highest BCUT2D eigenvalue weighted by Gasteiger charge is 2.21. The fourth-order valence-electron chi connectivity index (χ4n) is 2.82. The molecular formula is C15H21N5O. The van der Waals surface area contributed by atoms with Gasteiger partial charge in [-0.3, -0.25) is 4.79 Å². The summed E-state index contributed by atoms with van der Waals surface area (Å²) in [5.74, 6) is 0.302. The molecule has 0 aromatic carbocycles. The Labute approximate surface area is 123 Å². The Kier molecular flexibility index (Phi) is 3.88. The van der Waals surface area contributed by atoms with E-state index in [4.69, 9.17) is 0 Å². The van der Waals surface area contributed by atoms with Crippen LogP contribution in [0.2, 0.25) is 0 Å². The van der Waals surface area contributed by atoms with Gasteiger partial charge in [-0.1, -0.05) is 0 Å². The standard InChI is InChI=1S/C15H21N5O/c1-10(2)19-15(21)12-9-18-20-13(5-7-17-14(12)20)11-4-3-6-16-8-11/h5,7,9-11,16H,3-4,6,8H2,1-2H3,(H,19,21). The molecule has 0 radical (unpaired) electrons. The van der Waals surface area contributed by atoms with E-state index >= 15 is 0 Å².